The van der Waals surface area contributed by atoms with Crippen molar-refractivity contribution in [1.82, 2.24) is 10.4 Å². The first kappa shape index (κ1) is 8.83. The van der Waals surface area contributed by atoms with Gasteiger partial charge in [-0.15, -0.1) is 0 Å². The summed E-state index contributed by atoms with van der Waals surface area (Å²) in [5.41, 5.74) is 7.19. The van der Waals surface area contributed by atoms with E-state index in [2.05, 4.69) is 5.43 Å². The van der Waals surface area contributed by atoms with E-state index in [0.717, 1.165) is 19.3 Å². The Morgan fingerprint density at radius 3 is 2.83 bits per heavy atom. The van der Waals surface area contributed by atoms with Crippen LogP contribution in [0.5, 0.6) is 0 Å². The smallest absolute Gasteiger partial charge is 0.331 e. The normalized spacial score (nSPS) is 18.7. The first-order chi connectivity index (χ1) is 5.70. The van der Waals surface area contributed by atoms with Crippen molar-refractivity contribution in [3.8, 4) is 0 Å². The summed E-state index contributed by atoms with van der Waals surface area (Å²) >= 11 is 0. The van der Waals surface area contributed by atoms with Crippen molar-refractivity contribution in [2.24, 2.45) is 5.73 Å². The fraction of sp³-hybridized carbons (Fsp3) is 0.714. The van der Waals surface area contributed by atoms with Crippen molar-refractivity contribution in [2.75, 3.05) is 6.54 Å². The lowest BCUT2D eigenvalue weighted by Gasteiger charge is -2.19. The quantitative estimate of drug-likeness (QED) is 0.581. The van der Waals surface area contributed by atoms with Crippen molar-refractivity contribution < 1.29 is 9.59 Å². The molecule has 0 aromatic heterocycles. The van der Waals surface area contributed by atoms with Gasteiger partial charge in [0.05, 0.1) is 0 Å². The highest BCUT2D eigenvalue weighted by Gasteiger charge is 2.16. The Labute approximate surface area is 70.9 Å². The maximum Gasteiger partial charge on any atom is 0.331 e. The van der Waals surface area contributed by atoms with Gasteiger partial charge in [-0.25, -0.2) is 10.2 Å². The molecule has 68 valence electrons. The molecule has 0 spiro atoms. The number of nitrogens with two attached hydrogens (primary N) is 1. The van der Waals surface area contributed by atoms with Gasteiger partial charge in [0.15, 0.2) is 0 Å². The molecule has 1 saturated heterocycles. The van der Waals surface area contributed by atoms with Gasteiger partial charge in [-0.3, -0.25) is 9.80 Å². The summed E-state index contributed by atoms with van der Waals surface area (Å²) in [5, 5.41) is 1.30. The van der Waals surface area contributed by atoms with Crippen molar-refractivity contribution in [2.45, 2.75) is 25.7 Å². The zero-order valence-corrected chi connectivity index (χ0v) is 6.88. The molecule has 0 aliphatic carbocycles. The molecule has 0 unspecified atom stereocenters. The Balaban J connectivity index is 2.47. The van der Waals surface area contributed by atoms with Gasteiger partial charge in [-0.1, -0.05) is 6.42 Å². The monoisotopic (exact) mass is 171 g/mol. The number of carbonyl (C=O) groups excluding carboxylic acids is 2. The molecule has 0 saturated carbocycles. The zero-order chi connectivity index (χ0) is 8.97. The number of hydrogen-bond acceptors (Lipinski definition) is 2. The third kappa shape index (κ3) is 2.41. The maximum atomic E-state index is 11.2. The molecule has 0 aromatic rings. The number of rotatable bonds is 1. The molecule has 3 amide bonds. The van der Waals surface area contributed by atoms with Crippen LogP contribution >= 0.6 is 0 Å². The highest BCUT2D eigenvalue weighted by atomic mass is 16.2. The van der Waals surface area contributed by atoms with Crippen LogP contribution in [0.4, 0.5) is 4.79 Å². The van der Waals surface area contributed by atoms with Crippen LogP contribution in [0.3, 0.4) is 0 Å². The fourth-order valence-corrected chi connectivity index (χ4v) is 1.23. The van der Waals surface area contributed by atoms with Crippen molar-refractivity contribution in [3.05, 3.63) is 0 Å². The molecule has 1 fully saturated rings. The molecule has 3 N–H and O–H groups in total. The van der Waals surface area contributed by atoms with E-state index < -0.39 is 6.03 Å². The number of urea groups is 1. The molecule has 0 radical (unpaired) electrons. The topological polar surface area (TPSA) is 75.4 Å². The third-order valence-corrected chi connectivity index (χ3v) is 1.82. The lowest BCUT2D eigenvalue weighted by molar-refractivity contribution is -0.132. The number of hydrazine groups is 1. The van der Waals surface area contributed by atoms with Gasteiger partial charge < -0.3 is 5.73 Å². The van der Waals surface area contributed by atoms with E-state index in [1.165, 1.54) is 5.01 Å². The minimum atomic E-state index is -0.676. The second-order valence-corrected chi connectivity index (χ2v) is 2.83. The molecule has 0 aromatic carbocycles. The Morgan fingerprint density at radius 2 is 2.17 bits per heavy atom. The van der Waals surface area contributed by atoms with Crippen LogP contribution in [-0.2, 0) is 4.79 Å². The van der Waals surface area contributed by atoms with Gasteiger partial charge in [0, 0.05) is 13.0 Å². The Bertz CT molecular complexity index is 193. The van der Waals surface area contributed by atoms with Crippen LogP contribution in [0.1, 0.15) is 25.7 Å². The highest BCUT2D eigenvalue weighted by Crippen LogP contribution is 2.08. The van der Waals surface area contributed by atoms with Gasteiger partial charge in [0.25, 0.3) is 0 Å². The molecular formula is C7H13N3O2. The first-order valence-electron chi connectivity index (χ1n) is 4.06. The minimum absolute atomic E-state index is 0.0497. The summed E-state index contributed by atoms with van der Waals surface area (Å²) < 4.78 is 0. The average Bonchev–Trinajstić information content (AvgIpc) is 2.16. The zero-order valence-electron chi connectivity index (χ0n) is 6.88. The first-order valence-corrected chi connectivity index (χ1v) is 4.06. The van der Waals surface area contributed by atoms with Crippen molar-refractivity contribution in [1.29, 1.82) is 0 Å². The molecule has 1 heterocycles. The number of hydrogen-bond donors (Lipinski definition) is 2. The summed E-state index contributed by atoms with van der Waals surface area (Å²) in [6.45, 7) is 0.571. The summed E-state index contributed by atoms with van der Waals surface area (Å²) in [6, 6.07) is -0.676. The number of nitrogens with zero attached hydrogens (tertiary/aromatic N) is 1. The van der Waals surface area contributed by atoms with Gasteiger partial charge in [0.2, 0.25) is 5.91 Å². The van der Waals surface area contributed by atoms with E-state index in [1.54, 1.807) is 0 Å². The van der Waals surface area contributed by atoms with Crippen LogP contribution in [0.25, 0.3) is 0 Å². The molecule has 0 bridgehead atoms. The molecule has 1 aliphatic heterocycles. The second kappa shape index (κ2) is 3.94. The minimum Gasteiger partial charge on any atom is -0.350 e. The van der Waals surface area contributed by atoms with Gasteiger partial charge in [-0.05, 0) is 12.8 Å². The van der Waals surface area contributed by atoms with Gasteiger partial charge >= 0.3 is 6.03 Å². The van der Waals surface area contributed by atoms with Crippen LogP contribution in [-0.4, -0.2) is 23.5 Å². The lowest BCUT2D eigenvalue weighted by Crippen LogP contribution is -2.48. The molecule has 1 aliphatic rings. The van der Waals surface area contributed by atoms with E-state index in [0.29, 0.717) is 13.0 Å². The Kier molecular flexibility index (Phi) is 2.90. The Morgan fingerprint density at radius 1 is 1.42 bits per heavy atom. The number of primary amides is 1. The second-order valence-electron chi connectivity index (χ2n) is 2.83. The lowest BCUT2D eigenvalue weighted by atomic mass is 10.2. The third-order valence-electron chi connectivity index (χ3n) is 1.82. The SMILES string of the molecule is NC(=O)NN1CCCCCC1=O. The van der Waals surface area contributed by atoms with E-state index in [1.807, 2.05) is 0 Å². The largest absolute Gasteiger partial charge is 0.350 e. The van der Waals surface area contributed by atoms with E-state index in [-0.39, 0.29) is 5.91 Å². The van der Waals surface area contributed by atoms with Crippen molar-refractivity contribution >= 4 is 11.9 Å². The average molecular weight is 171 g/mol. The van der Waals surface area contributed by atoms with E-state index in [4.69, 9.17) is 5.73 Å². The predicted molar refractivity (Wildman–Crippen MR) is 42.9 cm³/mol. The molecule has 5 nitrogen and oxygen atoms in total. The van der Waals surface area contributed by atoms with Crippen LogP contribution in [0.15, 0.2) is 0 Å². The van der Waals surface area contributed by atoms with Crippen molar-refractivity contribution in [3.63, 3.8) is 0 Å². The van der Waals surface area contributed by atoms with Crippen LogP contribution in [0.2, 0.25) is 0 Å². The molecule has 5 heteroatoms. The molecule has 12 heavy (non-hydrogen) atoms. The number of carbonyl (C=O) groups is 2. The van der Waals surface area contributed by atoms with Gasteiger partial charge in [0.1, 0.15) is 0 Å². The highest BCUT2D eigenvalue weighted by molar-refractivity contribution is 5.80. The summed E-state index contributed by atoms with van der Waals surface area (Å²) in [4.78, 5) is 21.6. The fourth-order valence-electron chi connectivity index (χ4n) is 1.23. The molecular weight excluding hydrogens is 158 g/mol. The standard InChI is InChI=1S/C7H13N3O2/c8-7(12)9-10-5-3-1-2-4-6(10)11/h1-5H2,(H3,8,9,12). The number of amides is 3. The maximum absolute atomic E-state index is 11.2. The number of nitrogens with one attached hydrogen (secondary N) is 1. The summed E-state index contributed by atoms with van der Waals surface area (Å²) in [5.74, 6) is -0.0497. The van der Waals surface area contributed by atoms with Crippen LogP contribution in [0, 0.1) is 0 Å². The van der Waals surface area contributed by atoms with Gasteiger partial charge in [-0.2, -0.15) is 0 Å². The predicted octanol–water partition coefficient (Wildman–Crippen LogP) is -0.0277. The van der Waals surface area contributed by atoms with Crippen LogP contribution < -0.4 is 11.2 Å². The van der Waals surface area contributed by atoms with E-state index in [9.17, 15) is 9.59 Å². The van der Waals surface area contributed by atoms with E-state index >= 15 is 0 Å². The Hall–Kier alpha value is -1.26. The molecule has 1 rings (SSSR count). The molecule has 0 atom stereocenters. The summed E-state index contributed by atoms with van der Waals surface area (Å²) in [6.07, 6.45) is 3.35. The summed E-state index contributed by atoms with van der Waals surface area (Å²) in [7, 11) is 0.